The standard InChI is InChI=1S/C17H14BrFO/c18-15-10-14(7-8-16(15)19)17(20)13-6-5-11-3-1-2-4-12(11)9-13/h1-4,7-8,10,13H,5-6,9H2. The first-order chi connectivity index (χ1) is 9.65. The van der Waals surface area contributed by atoms with Gasteiger partial charge in [0.15, 0.2) is 5.78 Å². The van der Waals surface area contributed by atoms with E-state index in [1.807, 2.05) is 12.1 Å². The maximum absolute atomic E-state index is 13.2. The van der Waals surface area contributed by atoms with Crippen molar-refractivity contribution in [2.75, 3.05) is 0 Å². The Balaban J connectivity index is 1.84. The minimum atomic E-state index is -0.337. The summed E-state index contributed by atoms with van der Waals surface area (Å²) >= 11 is 3.14. The van der Waals surface area contributed by atoms with Gasteiger partial charge in [0.25, 0.3) is 0 Å². The number of rotatable bonds is 2. The van der Waals surface area contributed by atoms with Crippen molar-refractivity contribution in [3.05, 3.63) is 69.4 Å². The molecule has 0 aromatic heterocycles. The molecular weight excluding hydrogens is 319 g/mol. The van der Waals surface area contributed by atoms with Crippen LogP contribution in [0.15, 0.2) is 46.9 Å². The summed E-state index contributed by atoms with van der Waals surface area (Å²) in [4.78, 5) is 12.5. The molecule has 0 heterocycles. The quantitative estimate of drug-likeness (QED) is 0.736. The molecule has 0 N–H and O–H groups in total. The summed E-state index contributed by atoms with van der Waals surface area (Å²) in [6.45, 7) is 0. The van der Waals surface area contributed by atoms with Crippen molar-refractivity contribution in [3.8, 4) is 0 Å². The van der Waals surface area contributed by atoms with Crippen LogP contribution in [-0.4, -0.2) is 5.78 Å². The second kappa shape index (κ2) is 5.49. The molecule has 1 unspecified atom stereocenters. The van der Waals surface area contributed by atoms with Crippen LogP contribution in [0, 0.1) is 11.7 Å². The molecule has 20 heavy (non-hydrogen) atoms. The minimum Gasteiger partial charge on any atom is -0.294 e. The molecular formula is C17H14BrFO. The van der Waals surface area contributed by atoms with Gasteiger partial charge in [0, 0.05) is 11.5 Å². The summed E-state index contributed by atoms with van der Waals surface area (Å²) in [6.07, 6.45) is 2.59. The number of fused-ring (bicyclic) bond motifs is 1. The third-order valence-electron chi connectivity index (χ3n) is 3.92. The van der Waals surface area contributed by atoms with Crippen molar-refractivity contribution in [1.29, 1.82) is 0 Å². The zero-order valence-corrected chi connectivity index (χ0v) is 12.5. The molecule has 0 fully saturated rings. The lowest BCUT2D eigenvalue weighted by Crippen LogP contribution is -2.22. The van der Waals surface area contributed by atoms with Crippen molar-refractivity contribution in [2.24, 2.45) is 5.92 Å². The summed E-state index contributed by atoms with van der Waals surface area (Å²) in [6, 6.07) is 12.8. The van der Waals surface area contributed by atoms with E-state index in [1.54, 1.807) is 12.1 Å². The van der Waals surface area contributed by atoms with Crippen LogP contribution in [0.3, 0.4) is 0 Å². The number of carbonyl (C=O) groups excluding carboxylic acids is 1. The van der Waals surface area contributed by atoms with Crippen LogP contribution < -0.4 is 0 Å². The van der Waals surface area contributed by atoms with Gasteiger partial charge in [-0.2, -0.15) is 0 Å². The van der Waals surface area contributed by atoms with Gasteiger partial charge in [-0.05, 0) is 64.5 Å². The maximum Gasteiger partial charge on any atom is 0.166 e. The van der Waals surface area contributed by atoms with Crippen molar-refractivity contribution >= 4 is 21.7 Å². The lowest BCUT2D eigenvalue weighted by Gasteiger charge is -2.23. The molecule has 1 nitrogen and oxygen atoms in total. The Morgan fingerprint density at radius 2 is 1.90 bits per heavy atom. The average Bonchev–Trinajstić information content (AvgIpc) is 2.49. The Hall–Kier alpha value is -1.48. The number of benzene rings is 2. The number of halogens is 2. The summed E-state index contributed by atoms with van der Waals surface area (Å²) in [5, 5.41) is 0. The number of hydrogen-bond donors (Lipinski definition) is 0. The van der Waals surface area contributed by atoms with E-state index in [2.05, 4.69) is 28.1 Å². The number of ketones is 1. The smallest absolute Gasteiger partial charge is 0.166 e. The fraction of sp³-hybridized carbons (Fsp3) is 0.235. The Kier molecular flexibility index (Phi) is 3.70. The molecule has 2 aromatic rings. The molecule has 0 saturated heterocycles. The third-order valence-corrected chi connectivity index (χ3v) is 4.53. The number of Topliss-reactive ketones (excluding diaryl/α,β-unsaturated/α-hetero) is 1. The zero-order chi connectivity index (χ0) is 14.1. The van der Waals surface area contributed by atoms with E-state index >= 15 is 0 Å². The van der Waals surface area contributed by atoms with Crippen molar-refractivity contribution in [2.45, 2.75) is 19.3 Å². The largest absolute Gasteiger partial charge is 0.294 e. The van der Waals surface area contributed by atoms with Gasteiger partial charge in [-0.25, -0.2) is 4.39 Å². The summed E-state index contributed by atoms with van der Waals surface area (Å²) < 4.78 is 13.6. The number of carbonyl (C=O) groups is 1. The van der Waals surface area contributed by atoms with Gasteiger partial charge >= 0.3 is 0 Å². The molecule has 0 saturated carbocycles. The normalized spacial score (nSPS) is 17.6. The van der Waals surface area contributed by atoms with Crippen molar-refractivity contribution in [1.82, 2.24) is 0 Å². The van der Waals surface area contributed by atoms with Gasteiger partial charge in [-0.3, -0.25) is 4.79 Å². The maximum atomic E-state index is 13.2. The van der Waals surface area contributed by atoms with E-state index in [1.165, 1.54) is 17.2 Å². The first-order valence-corrected chi connectivity index (χ1v) is 7.50. The van der Waals surface area contributed by atoms with E-state index < -0.39 is 0 Å². The van der Waals surface area contributed by atoms with Crippen LogP contribution in [0.5, 0.6) is 0 Å². The van der Waals surface area contributed by atoms with Gasteiger partial charge in [0.1, 0.15) is 5.82 Å². The average molecular weight is 333 g/mol. The highest BCUT2D eigenvalue weighted by Gasteiger charge is 2.25. The molecule has 1 atom stereocenters. The van der Waals surface area contributed by atoms with Gasteiger partial charge in [-0.1, -0.05) is 24.3 Å². The molecule has 0 spiro atoms. The lowest BCUT2D eigenvalue weighted by atomic mass is 9.80. The first kappa shape index (κ1) is 13.5. The van der Waals surface area contributed by atoms with Crippen LogP contribution in [0.25, 0.3) is 0 Å². The Morgan fingerprint density at radius 1 is 1.15 bits per heavy atom. The molecule has 0 bridgehead atoms. The molecule has 2 aromatic carbocycles. The molecule has 3 heteroatoms. The predicted octanol–water partition coefficient (Wildman–Crippen LogP) is 4.58. The molecule has 3 rings (SSSR count). The molecule has 1 aliphatic carbocycles. The second-order valence-corrected chi connectivity index (χ2v) is 6.06. The van der Waals surface area contributed by atoms with E-state index in [9.17, 15) is 9.18 Å². The fourth-order valence-electron chi connectivity index (χ4n) is 2.81. The van der Waals surface area contributed by atoms with E-state index in [0.29, 0.717) is 10.0 Å². The van der Waals surface area contributed by atoms with Crippen LogP contribution in [0.2, 0.25) is 0 Å². The van der Waals surface area contributed by atoms with Gasteiger partial charge in [0.05, 0.1) is 4.47 Å². The van der Waals surface area contributed by atoms with E-state index in [0.717, 1.165) is 19.3 Å². The SMILES string of the molecule is O=C(c1ccc(F)c(Br)c1)C1CCc2ccccc2C1. The molecule has 102 valence electrons. The molecule has 0 aliphatic heterocycles. The lowest BCUT2D eigenvalue weighted by molar-refractivity contribution is 0.0908. The third kappa shape index (κ3) is 2.55. The Bertz CT molecular complexity index is 666. The number of aryl methyl sites for hydroxylation is 1. The van der Waals surface area contributed by atoms with Crippen LogP contribution >= 0.6 is 15.9 Å². The topological polar surface area (TPSA) is 17.1 Å². The highest BCUT2D eigenvalue weighted by atomic mass is 79.9. The number of hydrogen-bond acceptors (Lipinski definition) is 1. The molecule has 1 aliphatic rings. The first-order valence-electron chi connectivity index (χ1n) is 6.71. The van der Waals surface area contributed by atoms with E-state index in [-0.39, 0.29) is 17.5 Å². The summed E-state index contributed by atoms with van der Waals surface area (Å²) in [7, 11) is 0. The monoisotopic (exact) mass is 332 g/mol. The predicted molar refractivity (Wildman–Crippen MR) is 80.4 cm³/mol. The van der Waals surface area contributed by atoms with E-state index in [4.69, 9.17) is 0 Å². The zero-order valence-electron chi connectivity index (χ0n) is 10.9. The fourth-order valence-corrected chi connectivity index (χ4v) is 3.19. The second-order valence-electron chi connectivity index (χ2n) is 5.20. The van der Waals surface area contributed by atoms with Crippen molar-refractivity contribution < 1.29 is 9.18 Å². The van der Waals surface area contributed by atoms with Gasteiger partial charge < -0.3 is 0 Å². The highest BCUT2D eigenvalue weighted by Crippen LogP contribution is 2.28. The van der Waals surface area contributed by atoms with Gasteiger partial charge in [0.2, 0.25) is 0 Å². The molecule has 0 amide bonds. The van der Waals surface area contributed by atoms with Crippen LogP contribution in [-0.2, 0) is 12.8 Å². The van der Waals surface area contributed by atoms with Crippen LogP contribution in [0.1, 0.15) is 27.9 Å². The summed E-state index contributed by atoms with van der Waals surface area (Å²) in [5.41, 5.74) is 3.19. The van der Waals surface area contributed by atoms with Crippen LogP contribution in [0.4, 0.5) is 4.39 Å². The van der Waals surface area contributed by atoms with Gasteiger partial charge in [-0.15, -0.1) is 0 Å². The summed E-state index contributed by atoms with van der Waals surface area (Å²) in [5.74, 6) is -0.224. The highest BCUT2D eigenvalue weighted by molar-refractivity contribution is 9.10. The molecule has 0 radical (unpaired) electrons. The Morgan fingerprint density at radius 3 is 2.65 bits per heavy atom. The van der Waals surface area contributed by atoms with Crippen molar-refractivity contribution in [3.63, 3.8) is 0 Å². The Labute approximate surface area is 126 Å². The minimum absolute atomic E-state index is 0.00209.